The van der Waals surface area contributed by atoms with Gasteiger partial charge in [0.25, 0.3) is 5.69 Å². The van der Waals surface area contributed by atoms with Gasteiger partial charge >= 0.3 is 0 Å². The Morgan fingerprint density at radius 3 is 2.54 bits per heavy atom. The molecule has 0 saturated heterocycles. The smallest absolute Gasteiger partial charge is 0.276 e. The van der Waals surface area contributed by atoms with Crippen LogP contribution in [0.2, 0.25) is 0 Å². The van der Waals surface area contributed by atoms with Gasteiger partial charge in [-0.2, -0.15) is 4.58 Å². The van der Waals surface area contributed by atoms with E-state index in [1.165, 1.54) is 23.8 Å². The molecule has 0 radical (unpaired) electrons. The lowest BCUT2D eigenvalue weighted by molar-refractivity contribution is -0.401. The normalized spacial score (nSPS) is 15.8. The number of phenols is 1. The number of nitro benzene ring substituents is 1. The molecule has 5 heteroatoms. The average molecular weight is 323 g/mol. The fourth-order valence-electron chi connectivity index (χ4n) is 3.31. The summed E-state index contributed by atoms with van der Waals surface area (Å²) in [5, 5.41) is 20.8. The predicted molar refractivity (Wildman–Crippen MR) is 94.1 cm³/mol. The van der Waals surface area contributed by atoms with E-state index in [9.17, 15) is 15.2 Å². The van der Waals surface area contributed by atoms with Crippen LogP contribution >= 0.6 is 0 Å². The Bertz CT molecular complexity index is 895. The molecular formula is C19H19N2O3+. The van der Waals surface area contributed by atoms with Crippen molar-refractivity contribution in [2.75, 3.05) is 7.05 Å². The largest absolute Gasteiger partial charge is 0.508 e. The molecule has 24 heavy (non-hydrogen) atoms. The molecule has 122 valence electrons. The van der Waals surface area contributed by atoms with Crippen molar-refractivity contribution in [3.63, 3.8) is 0 Å². The molecule has 5 nitrogen and oxygen atoms in total. The van der Waals surface area contributed by atoms with Crippen LogP contribution in [0.1, 0.15) is 25.0 Å². The van der Waals surface area contributed by atoms with Crippen molar-refractivity contribution in [2.45, 2.75) is 19.3 Å². The first-order valence-corrected chi connectivity index (χ1v) is 7.68. The number of fused-ring (bicyclic) bond motifs is 1. The quantitative estimate of drug-likeness (QED) is 0.527. The number of nitrogens with zero attached hydrogens (tertiary/aromatic N) is 2. The summed E-state index contributed by atoms with van der Waals surface area (Å²) in [4.78, 5) is 10.7. The van der Waals surface area contributed by atoms with E-state index in [0.29, 0.717) is 5.56 Å². The van der Waals surface area contributed by atoms with Crippen LogP contribution in [0.25, 0.3) is 6.08 Å². The van der Waals surface area contributed by atoms with Crippen molar-refractivity contribution < 1.29 is 14.6 Å². The molecule has 1 aliphatic heterocycles. The number of benzene rings is 2. The summed E-state index contributed by atoms with van der Waals surface area (Å²) in [6.45, 7) is 4.26. The van der Waals surface area contributed by atoms with Gasteiger partial charge in [-0.05, 0) is 32.1 Å². The summed E-state index contributed by atoms with van der Waals surface area (Å²) < 4.78 is 2.10. The lowest BCUT2D eigenvalue weighted by Crippen LogP contribution is -2.26. The van der Waals surface area contributed by atoms with E-state index < -0.39 is 4.92 Å². The highest BCUT2D eigenvalue weighted by Gasteiger charge is 2.42. The zero-order valence-electron chi connectivity index (χ0n) is 13.9. The van der Waals surface area contributed by atoms with E-state index in [1.54, 1.807) is 6.08 Å². The monoisotopic (exact) mass is 323 g/mol. The van der Waals surface area contributed by atoms with Gasteiger partial charge in [-0.15, -0.1) is 0 Å². The van der Waals surface area contributed by atoms with Crippen LogP contribution in [0.5, 0.6) is 5.75 Å². The summed E-state index contributed by atoms with van der Waals surface area (Å²) in [6, 6.07) is 12.2. The van der Waals surface area contributed by atoms with E-state index in [2.05, 4.69) is 30.6 Å². The third-order valence-electron chi connectivity index (χ3n) is 4.57. The fourth-order valence-corrected chi connectivity index (χ4v) is 3.31. The van der Waals surface area contributed by atoms with Gasteiger partial charge in [0.15, 0.2) is 5.71 Å². The molecule has 0 atom stereocenters. The number of para-hydroxylation sites is 1. The highest BCUT2D eigenvalue weighted by Crippen LogP contribution is 2.39. The van der Waals surface area contributed by atoms with Crippen LogP contribution in [0.3, 0.4) is 0 Å². The van der Waals surface area contributed by atoms with Crippen LogP contribution in [0.15, 0.2) is 48.5 Å². The standard InChI is InChI=1S/C19H18N2O3/c1-19(2)15-6-4-5-7-17(15)20(3)18(19)11-8-13-12-14(22)9-10-16(13)21(23)24/h4-12H,1-3H3/p+1/b11-8+. The molecule has 0 aromatic heterocycles. The maximum atomic E-state index is 11.2. The first-order chi connectivity index (χ1) is 11.3. The van der Waals surface area contributed by atoms with Crippen molar-refractivity contribution in [1.82, 2.24) is 0 Å². The highest BCUT2D eigenvalue weighted by atomic mass is 16.6. The number of rotatable bonds is 3. The summed E-state index contributed by atoms with van der Waals surface area (Å²) in [5.41, 5.74) is 3.55. The Labute approximate surface area is 140 Å². The van der Waals surface area contributed by atoms with Crippen molar-refractivity contribution in [3.05, 3.63) is 69.8 Å². The lowest BCUT2D eigenvalue weighted by atomic mass is 9.81. The Morgan fingerprint density at radius 1 is 1.17 bits per heavy atom. The Hall–Kier alpha value is -2.95. The van der Waals surface area contributed by atoms with Gasteiger partial charge in [0.2, 0.25) is 5.69 Å². The second kappa shape index (κ2) is 5.60. The Balaban J connectivity index is 2.07. The predicted octanol–water partition coefficient (Wildman–Crippen LogP) is 4.02. The second-order valence-electron chi connectivity index (χ2n) is 6.42. The fraction of sp³-hybridized carbons (Fsp3) is 0.211. The van der Waals surface area contributed by atoms with Crippen LogP contribution in [-0.2, 0) is 5.41 Å². The molecule has 1 aliphatic rings. The average Bonchev–Trinajstić information content (AvgIpc) is 2.72. The van der Waals surface area contributed by atoms with E-state index in [-0.39, 0.29) is 16.9 Å². The van der Waals surface area contributed by atoms with Gasteiger partial charge in [-0.3, -0.25) is 10.1 Å². The zero-order chi connectivity index (χ0) is 17.5. The van der Waals surface area contributed by atoms with Gasteiger partial charge in [0.05, 0.1) is 15.9 Å². The van der Waals surface area contributed by atoms with E-state index in [1.807, 2.05) is 25.3 Å². The van der Waals surface area contributed by atoms with Crippen LogP contribution in [-0.4, -0.2) is 27.4 Å². The van der Waals surface area contributed by atoms with Crippen molar-refractivity contribution >= 4 is 23.2 Å². The van der Waals surface area contributed by atoms with Crippen LogP contribution in [0.4, 0.5) is 11.4 Å². The molecule has 1 N–H and O–H groups in total. The van der Waals surface area contributed by atoms with Gasteiger partial charge in [-0.25, -0.2) is 0 Å². The lowest BCUT2D eigenvalue weighted by Gasteiger charge is -2.15. The minimum absolute atomic E-state index is 0.00701. The Kier molecular flexibility index (Phi) is 3.72. The number of hydrogen-bond donors (Lipinski definition) is 1. The van der Waals surface area contributed by atoms with E-state index in [0.717, 1.165) is 11.4 Å². The zero-order valence-corrected chi connectivity index (χ0v) is 13.9. The number of nitro groups is 1. The van der Waals surface area contributed by atoms with Crippen molar-refractivity contribution in [3.8, 4) is 5.75 Å². The molecular weight excluding hydrogens is 304 g/mol. The SMILES string of the molecule is C[N+]1=C(/C=C/c2cc(O)ccc2[N+](=O)[O-])C(C)(C)c2ccccc21. The minimum atomic E-state index is -0.442. The van der Waals surface area contributed by atoms with Gasteiger partial charge in [0.1, 0.15) is 12.8 Å². The minimum Gasteiger partial charge on any atom is -0.508 e. The molecule has 2 aromatic rings. The number of hydrogen-bond acceptors (Lipinski definition) is 3. The molecule has 0 saturated carbocycles. The summed E-state index contributed by atoms with van der Waals surface area (Å²) in [7, 11) is 1.99. The molecule has 1 heterocycles. The molecule has 0 fully saturated rings. The molecule has 0 amide bonds. The van der Waals surface area contributed by atoms with E-state index >= 15 is 0 Å². The first kappa shape index (κ1) is 15.9. The maximum absolute atomic E-state index is 11.2. The molecule has 3 rings (SSSR count). The molecule has 0 unspecified atom stereocenters. The van der Waals surface area contributed by atoms with Gasteiger partial charge < -0.3 is 5.11 Å². The number of allylic oxidation sites excluding steroid dienone is 1. The topological polar surface area (TPSA) is 66.4 Å². The van der Waals surface area contributed by atoms with Gasteiger partial charge in [-0.1, -0.05) is 18.2 Å². The van der Waals surface area contributed by atoms with Crippen molar-refractivity contribution in [1.29, 1.82) is 0 Å². The molecule has 0 spiro atoms. The van der Waals surface area contributed by atoms with E-state index in [4.69, 9.17) is 0 Å². The number of aromatic hydroxyl groups is 1. The Morgan fingerprint density at radius 2 is 1.88 bits per heavy atom. The first-order valence-electron chi connectivity index (χ1n) is 7.68. The van der Waals surface area contributed by atoms with Crippen molar-refractivity contribution in [2.24, 2.45) is 0 Å². The van der Waals surface area contributed by atoms with Gasteiger partial charge in [0, 0.05) is 23.8 Å². The van der Waals surface area contributed by atoms with Crippen LogP contribution in [0, 0.1) is 10.1 Å². The summed E-state index contributed by atoms with van der Waals surface area (Å²) in [6.07, 6.45) is 3.58. The summed E-state index contributed by atoms with van der Waals surface area (Å²) >= 11 is 0. The third kappa shape index (κ3) is 2.48. The second-order valence-corrected chi connectivity index (χ2v) is 6.42. The molecule has 2 aromatic carbocycles. The molecule has 0 aliphatic carbocycles. The maximum Gasteiger partial charge on any atom is 0.276 e. The molecule has 0 bridgehead atoms. The summed E-state index contributed by atoms with van der Waals surface area (Å²) in [5.74, 6) is 0.00701. The number of phenolic OH excluding ortho intramolecular Hbond substituents is 1. The van der Waals surface area contributed by atoms with Crippen LogP contribution < -0.4 is 0 Å². The highest BCUT2D eigenvalue weighted by molar-refractivity contribution is 6.05. The third-order valence-corrected chi connectivity index (χ3v) is 4.57.